The van der Waals surface area contributed by atoms with E-state index in [9.17, 15) is 0 Å². The van der Waals surface area contributed by atoms with E-state index in [2.05, 4.69) is 17.5 Å². The molecule has 1 aromatic heterocycles. The Morgan fingerprint density at radius 1 is 0.889 bits per heavy atom. The van der Waals surface area contributed by atoms with E-state index in [0.717, 1.165) is 35.1 Å². The molecule has 0 aliphatic rings. The van der Waals surface area contributed by atoms with Gasteiger partial charge in [-0.05, 0) is 54.4 Å². The highest BCUT2D eigenvalue weighted by molar-refractivity contribution is 6.01. The van der Waals surface area contributed by atoms with Gasteiger partial charge < -0.3 is 14.2 Å². The van der Waals surface area contributed by atoms with Gasteiger partial charge in [0.2, 0.25) is 0 Å². The Labute approximate surface area is 211 Å². The number of aliphatic imine (C=N–C) groups is 1. The van der Waals surface area contributed by atoms with E-state index in [1.54, 1.807) is 20.4 Å². The fraction of sp³-hybridized carbons (Fsp3) is 0.207. The van der Waals surface area contributed by atoms with Crippen LogP contribution in [-0.4, -0.2) is 37.9 Å². The number of unbranched alkanes of at least 4 members (excludes halogenated alkanes) is 1. The van der Waals surface area contributed by atoms with E-state index in [0.29, 0.717) is 35.3 Å². The lowest BCUT2D eigenvalue weighted by Gasteiger charge is -2.11. The van der Waals surface area contributed by atoms with E-state index in [1.165, 1.54) is 0 Å². The van der Waals surface area contributed by atoms with Gasteiger partial charge >= 0.3 is 0 Å². The van der Waals surface area contributed by atoms with Gasteiger partial charge in [0.1, 0.15) is 17.1 Å². The van der Waals surface area contributed by atoms with Crippen LogP contribution < -0.4 is 19.6 Å². The van der Waals surface area contributed by atoms with E-state index in [1.807, 2.05) is 78.9 Å². The van der Waals surface area contributed by atoms with Gasteiger partial charge in [-0.3, -0.25) is 5.43 Å². The van der Waals surface area contributed by atoms with Crippen LogP contribution in [0.2, 0.25) is 0 Å². The van der Waals surface area contributed by atoms with Crippen molar-refractivity contribution < 1.29 is 14.2 Å². The number of hydrogen-bond donors (Lipinski definition) is 1. The first-order valence-electron chi connectivity index (χ1n) is 11.9. The molecule has 0 aliphatic heterocycles. The number of nitrogens with one attached hydrogen (secondary N) is 1. The highest BCUT2D eigenvalue weighted by Crippen LogP contribution is 2.28. The maximum absolute atomic E-state index is 5.82. The van der Waals surface area contributed by atoms with Crippen LogP contribution in [0.15, 0.2) is 89.0 Å². The number of benzene rings is 3. The van der Waals surface area contributed by atoms with Gasteiger partial charge in [-0.15, -0.1) is 0 Å². The first-order valence-corrected chi connectivity index (χ1v) is 11.9. The quantitative estimate of drug-likeness (QED) is 0.127. The number of ether oxygens (including phenoxy) is 3. The lowest BCUT2D eigenvalue weighted by molar-refractivity contribution is 0.288. The zero-order chi connectivity index (χ0) is 25.2. The third kappa shape index (κ3) is 6.18. The fourth-order valence-electron chi connectivity index (χ4n) is 3.56. The third-order valence-electron chi connectivity index (χ3n) is 5.49. The first kappa shape index (κ1) is 24.7. The van der Waals surface area contributed by atoms with Gasteiger partial charge in [-0.2, -0.15) is 5.10 Å². The zero-order valence-corrected chi connectivity index (χ0v) is 20.8. The summed E-state index contributed by atoms with van der Waals surface area (Å²) in [5.41, 5.74) is 6.13. The van der Waals surface area contributed by atoms with Gasteiger partial charge in [0.15, 0.2) is 17.3 Å². The van der Waals surface area contributed by atoms with E-state index >= 15 is 0 Å². The largest absolute Gasteiger partial charge is 0.494 e. The molecule has 1 heterocycles. The molecular formula is C29H30N4O3. The second-order valence-electron chi connectivity index (χ2n) is 8.00. The van der Waals surface area contributed by atoms with Gasteiger partial charge in [-0.1, -0.05) is 49.7 Å². The van der Waals surface area contributed by atoms with Crippen molar-refractivity contribution in [1.82, 2.24) is 10.4 Å². The van der Waals surface area contributed by atoms with Gasteiger partial charge in [-0.25, -0.2) is 9.98 Å². The van der Waals surface area contributed by atoms with Crippen molar-refractivity contribution >= 4 is 28.6 Å². The molecule has 0 bridgehead atoms. The lowest BCUT2D eigenvalue weighted by atomic mass is 10.2. The fourth-order valence-corrected chi connectivity index (χ4v) is 3.56. The Hall–Kier alpha value is -4.39. The minimum atomic E-state index is 0.494. The molecule has 0 unspecified atom stereocenters. The molecule has 7 heteroatoms. The number of aromatic nitrogens is 1. The third-order valence-corrected chi connectivity index (χ3v) is 5.49. The number of amidine groups is 1. The molecule has 0 atom stereocenters. The number of fused-ring (bicyclic) bond motifs is 1. The molecule has 0 aliphatic carbocycles. The highest BCUT2D eigenvalue weighted by atomic mass is 16.5. The van der Waals surface area contributed by atoms with Gasteiger partial charge in [0, 0.05) is 5.39 Å². The van der Waals surface area contributed by atoms with Crippen LogP contribution in [0, 0.1) is 0 Å². The summed E-state index contributed by atoms with van der Waals surface area (Å²) >= 11 is 0. The summed E-state index contributed by atoms with van der Waals surface area (Å²) in [4.78, 5) is 9.57. The normalized spacial score (nSPS) is 11.6. The average molecular weight is 483 g/mol. The number of methoxy groups -OCH3 is 2. The predicted molar refractivity (Wildman–Crippen MR) is 145 cm³/mol. The van der Waals surface area contributed by atoms with Crippen LogP contribution in [0.3, 0.4) is 0 Å². The SMILES string of the molecule is CCCCOc1ccc(C=NNC(=Nc2ccccc2OC)c2ccc3ccccc3n2)cc1OC. The monoisotopic (exact) mass is 482 g/mol. The smallest absolute Gasteiger partial charge is 0.173 e. The topological polar surface area (TPSA) is 77.3 Å². The van der Waals surface area contributed by atoms with Crippen molar-refractivity contribution in [2.75, 3.05) is 20.8 Å². The second kappa shape index (κ2) is 12.4. The Morgan fingerprint density at radius 3 is 2.53 bits per heavy atom. The number of rotatable bonds is 10. The summed E-state index contributed by atoms with van der Waals surface area (Å²) in [6.45, 7) is 2.79. The number of hydrazone groups is 1. The molecule has 3 aromatic carbocycles. The number of pyridine rings is 1. The number of hydrogen-bond acceptors (Lipinski definition) is 6. The molecular weight excluding hydrogens is 452 g/mol. The van der Waals surface area contributed by atoms with Crippen LogP contribution in [0.25, 0.3) is 10.9 Å². The summed E-state index contributed by atoms with van der Waals surface area (Å²) < 4.78 is 16.8. The van der Waals surface area contributed by atoms with E-state index < -0.39 is 0 Å². The predicted octanol–water partition coefficient (Wildman–Crippen LogP) is 6.13. The number of nitrogens with zero attached hydrogens (tertiary/aromatic N) is 3. The van der Waals surface area contributed by atoms with Gasteiger partial charge in [0.25, 0.3) is 0 Å². The lowest BCUT2D eigenvalue weighted by Crippen LogP contribution is -2.20. The van der Waals surface area contributed by atoms with Crippen molar-refractivity contribution in [3.63, 3.8) is 0 Å². The van der Waals surface area contributed by atoms with Crippen molar-refractivity contribution in [3.05, 3.63) is 90.1 Å². The standard InChI is InChI=1S/C29H30N4O3/c1-4-5-18-36-27-17-14-21(19-28(27)35-3)20-30-33-29(32-24-12-8-9-13-26(24)34-2)25-16-15-22-10-6-7-11-23(22)31-25/h6-17,19-20H,4-5,18H2,1-3H3,(H,32,33). The molecule has 0 radical (unpaired) electrons. The second-order valence-corrected chi connectivity index (χ2v) is 8.00. The Bertz CT molecular complexity index is 1370. The summed E-state index contributed by atoms with van der Waals surface area (Å²) in [6.07, 6.45) is 3.77. The maximum Gasteiger partial charge on any atom is 0.173 e. The summed E-state index contributed by atoms with van der Waals surface area (Å²) in [7, 11) is 3.25. The molecule has 184 valence electrons. The molecule has 0 saturated carbocycles. The summed E-state index contributed by atoms with van der Waals surface area (Å²) in [5, 5.41) is 5.50. The number of para-hydroxylation sites is 3. The Kier molecular flexibility index (Phi) is 8.48. The Morgan fingerprint density at radius 2 is 1.69 bits per heavy atom. The molecule has 4 rings (SSSR count). The van der Waals surface area contributed by atoms with E-state index in [4.69, 9.17) is 24.2 Å². The van der Waals surface area contributed by atoms with Crippen LogP contribution in [0.4, 0.5) is 5.69 Å². The maximum atomic E-state index is 5.82. The van der Waals surface area contributed by atoms with Gasteiger partial charge in [0.05, 0.1) is 32.6 Å². The molecule has 7 nitrogen and oxygen atoms in total. The summed E-state index contributed by atoms with van der Waals surface area (Å²) in [6, 6.07) is 25.2. The molecule has 36 heavy (non-hydrogen) atoms. The van der Waals surface area contributed by atoms with E-state index in [-0.39, 0.29) is 0 Å². The van der Waals surface area contributed by atoms with Crippen molar-refractivity contribution in [3.8, 4) is 17.2 Å². The minimum absolute atomic E-state index is 0.494. The van der Waals surface area contributed by atoms with Crippen LogP contribution >= 0.6 is 0 Å². The molecule has 4 aromatic rings. The molecule has 0 saturated heterocycles. The van der Waals surface area contributed by atoms with Crippen LogP contribution in [-0.2, 0) is 0 Å². The summed E-state index contributed by atoms with van der Waals surface area (Å²) in [5.74, 6) is 2.53. The van der Waals surface area contributed by atoms with Crippen LogP contribution in [0.5, 0.6) is 17.2 Å². The molecule has 0 amide bonds. The Balaban J connectivity index is 1.62. The zero-order valence-electron chi connectivity index (χ0n) is 20.8. The minimum Gasteiger partial charge on any atom is -0.494 e. The highest BCUT2D eigenvalue weighted by Gasteiger charge is 2.09. The van der Waals surface area contributed by atoms with Crippen molar-refractivity contribution in [2.45, 2.75) is 19.8 Å². The van der Waals surface area contributed by atoms with Crippen molar-refractivity contribution in [1.29, 1.82) is 0 Å². The van der Waals surface area contributed by atoms with Crippen molar-refractivity contribution in [2.24, 2.45) is 10.1 Å². The molecule has 0 fully saturated rings. The van der Waals surface area contributed by atoms with Crippen LogP contribution in [0.1, 0.15) is 31.0 Å². The average Bonchev–Trinajstić information content (AvgIpc) is 2.93. The first-order chi connectivity index (χ1) is 17.7. The molecule has 0 spiro atoms. The molecule has 1 N–H and O–H groups in total.